The predicted molar refractivity (Wildman–Crippen MR) is 78.5 cm³/mol. The highest BCUT2D eigenvalue weighted by molar-refractivity contribution is 5.88. The van der Waals surface area contributed by atoms with Crippen LogP contribution in [0, 0.1) is 0 Å². The number of pyridine rings is 1. The Morgan fingerprint density at radius 1 is 1.30 bits per heavy atom. The number of carbonyl (C=O) groups is 1. The van der Waals surface area contributed by atoms with Crippen LogP contribution >= 0.6 is 0 Å². The Morgan fingerprint density at radius 2 is 2.00 bits per heavy atom. The highest BCUT2D eigenvalue weighted by Gasteiger charge is 2.09. The fourth-order valence-electron chi connectivity index (χ4n) is 1.86. The van der Waals surface area contributed by atoms with Crippen molar-refractivity contribution in [2.45, 2.75) is 6.54 Å². The topological polar surface area (TPSA) is 68.5 Å². The first-order valence-corrected chi connectivity index (χ1v) is 6.20. The fraction of sp³-hybridized carbons (Fsp3) is 0.200. The van der Waals surface area contributed by atoms with Gasteiger partial charge in [-0.3, -0.25) is 0 Å². The maximum absolute atomic E-state index is 11.5. The molecule has 5 nitrogen and oxygen atoms in total. The van der Waals surface area contributed by atoms with Gasteiger partial charge in [-0.15, -0.1) is 0 Å². The molecule has 2 rings (SSSR count). The smallest absolute Gasteiger partial charge is 0.356 e. The van der Waals surface area contributed by atoms with Gasteiger partial charge in [-0.2, -0.15) is 0 Å². The molecule has 0 amide bonds. The van der Waals surface area contributed by atoms with Crippen molar-refractivity contribution >= 4 is 17.3 Å². The summed E-state index contributed by atoms with van der Waals surface area (Å²) < 4.78 is 4.67. The molecule has 0 saturated carbocycles. The summed E-state index contributed by atoms with van der Waals surface area (Å²) in [5.74, 6) is -0.437. The number of benzene rings is 1. The first-order valence-electron chi connectivity index (χ1n) is 6.20. The van der Waals surface area contributed by atoms with Gasteiger partial charge in [0.2, 0.25) is 0 Å². The van der Waals surface area contributed by atoms with Crippen molar-refractivity contribution in [3.05, 3.63) is 53.9 Å². The summed E-state index contributed by atoms with van der Waals surface area (Å²) in [6.45, 7) is 0.713. The molecule has 0 aliphatic heterocycles. The van der Waals surface area contributed by atoms with E-state index in [9.17, 15) is 4.79 Å². The summed E-state index contributed by atoms with van der Waals surface area (Å²) in [6.07, 6.45) is 1.60. The third-order valence-electron chi connectivity index (χ3n) is 2.98. The van der Waals surface area contributed by atoms with Crippen molar-refractivity contribution in [2.24, 2.45) is 0 Å². The molecular formula is C15H17N3O2. The van der Waals surface area contributed by atoms with E-state index in [1.165, 1.54) is 7.11 Å². The van der Waals surface area contributed by atoms with Crippen LogP contribution in [0.1, 0.15) is 16.1 Å². The summed E-state index contributed by atoms with van der Waals surface area (Å²) in [7, 11) is 3.29. The largest absolute Gasteiger partial charge is 0.464 e. The molecule has 1 aromatic carbocycles. The number of nitrogen functional groups attached to an aromatic ring is 1. The van der Waals surface area contributed by atoms with E-state index in [0.717, 1.165) is 16.9 Å². The Hall–Kier alpha value is -2.56. The van der Waals surface area contributed by atoms with E-state index in [1.807, 2.05) is 42.3 Å². The molecule has 5 heteroatoms. The second-order valence-corrected chi connectivity index (χ2v) is 4.49. The standard InChI is InChI=1S/C15H17N3O2/c1-18(10-11-3-5-12(16)6-4-11)13-7-8-17-14(9-13)15(19)20-2/h3-9H,10,16H2,1-2H3. The number of carbonyl (C=O) groups excluding carboxylic acids is 1. The molecule has 0 spiro atoms. The lowest BCUT2D eigenvalue weighted by Crippen LogP contribution is -2.17. The van der Waals surface area contributed by atoms with Crippen molar-refractivity contribution in [1.29, 1.82) is 0 Å². The minimum Gasteiger partial charge on any atom is -0.464 e. The van der Waals surface area contributed by atoms with E-state index < -0.39 is 5.97 Å². The van der Waals surface area contributed by atoms with Crippen LogP contribution in [0.4, 0.5) is 11.4 Å². The SMILES string of the molecule is COC(=O)c1cc(N(C)Cc2ccc(N)cc2)ccn1. The Balaban J connectivity index is 2.14. The summed E-state index contributed by atoms with van der Waals surface area (Å²) in [4.78, 5) is 17.5. The van der Waals surface area contributed by atoms with Gasteiger partial charge in [-0.1, -0.05) is 12.1 Å². The molecule has 2 N–H and O–H groups in total. The number of esters is 1. The van der Waals surface area contributed by atoms with Crippen LogP contribution in [0.25, 0.3) is 0 Å². The number of hydrogen-bond donors (Lipinski definition) is 1. The number of ether oxygens (including phenoxy) is 1. The van der Waals surface area contributed by atoms with Gasteiger partial charge in [-0.05, 0) is 29.8 Å². The van der Waals surface area contributed by atoms with Crippen LogP contribution in [0.2, 0.25) is 0 Å². The quantitative estimate of drug-likeness (QED) is 0.681. The molecule has 1 heterocycles. The van der Waals surface area contributed by atoms with Crippen molar-refractivity contribution < 1.29 is 9.53 Å². The lowest BCUT2D eigenvalue weighted by Gasteiger charge is -2.19. The van der Waals surface area contributed by atoms with E-state index in [1.54, 1.807) is 12.3 Å². The number of rotatable bonds is 4. The predicted octanol–water partition coefficient (Wildman–Crippen LogP) is 2.09. The van der Waals surface area contributed by atoms with Crippen molar-refractivity contribution in [2.75, 3.05) is 24.8 Å². The number of aromatic nitrogens is 1. The van der Waals surface area contributed by atoms with Gasteiger partial charge in [0.05, 0.1) is 7.11 Å². The van der Waals surface area contributed by atoms with Crippen LogP contribution in [-0.2, 0) is 11.3 Å². The van der Waals surface area contributed by atoms with Gasteiger partial charge < -0.3 is 15.4 Å². The molecule has 2 aromatic rings. The Labute approximate surface area is 118 Å². The normalized spacial score (nSPS) is 10.1. The van der Waals surface area contributed by atoms with E-state index in [4.69, 9.17) is 5.73 Å². The number of methoxy groups -OCH3 is 1. The molecule has 0 saturated heterocycles. The Bertz CT molecular complexity index is 596. The first kappa shape index (κ1) is 13.9. The highest BCUT2D eigenvalue weighted by Crippen LogP contribution is 2.17. The molecule has 20 heavy (non-hydrogen) atoms. The minimum absolute atomic E-state index is 0.300. The maximum Gasteiger partial charge on any atom is 0.356 e. The van der Waals surface area contributed by atoms with Gasteiger partial charge in [0.1, 0.15) is 5.69 Å². The Morgan fingerprint density at radius 3 is 2.65 bits per heavy atom. The molecular weight excluding hydrogens is 254 g/mol. The lowest BCUT2D eigenvalue weighted by atomic mass is 10.2. The second kappa shape index (κ2) is 6.06. The van der Waals surface area contributed by atoms with E-state index >= 15 is 0 Å². The molecule has 0 atom stereocenters. The van der Waals surface area contributed by atoms with E-state index in [-0.39, 0.29) is 0 Å². The average Bonchev–Trinajstić information content (AvgIpc) is 2.49. The van der Waals surface area contributed by atoms with Gasteiger partial charge in [0, 0.05) is 31.2 Å². The monoisotopic (exact) mass is 271 g/mol. The van der Waals surface area contributed by atoms with Crippen LogP contribution < -0.4 is 10.6 Å². The maximum atomic E-state index is 11.5. The average molecular weight is 271 g/mol. The van der Waals surface area contributed by atoms with Crippen LogP contribution in [-0.4, -0.2) is 25.1 Å². The zero-order valence-electron chi connectivity index (χ0n) is 11.5. The summed E-state index contributed by atoms with van der Waals surface area (Å²) in [5, 5.41) is 0. The van der Waals surface area contributed by atoms with Crippen LogP contribution in [0.15, 0.2) is 42.6 Å². The third-order valence-corrected chi connectivity index (χ3v) is 2.98. The molecule has 0 radical (unpaired) electrons. The van der Waals surface area contributed by atoms with Gasteiger partial charge in [-0.25, -0.2) is 9.78 Å². The van der Waals surface area contributed by atoms with E-state index in [0.29, 0.717) is 12.2 Å². The minimum atomic E-state index is -0.437. The van der Waals surface area contributed by atoms with E-state index in [2.05, 4.69) is 9.72 Å². The molecule has 0 fully saturated rings. The van der Waals surface area contributed by atoms with Gasteiger partial charge >= 0.3 is 5.97 Å². The number of nitrogens with zero attached hydrogens (tertiary/aromatic N) is 2. The second-order valence-electron chi connectivity index (χ2n) is 4.49. The summed E-state index contributed by atoms with van der Waals surface area (Å²) in [5.41, 5.74) is 8.75. The zero-order valence-corrected chi connectivity index (χ0v) is 11.5. The fourth-order valence-corrected chi connectivity index (χ4v) is 1.86. The molecule has 0 aliphatic carbocycles. The molecule has 0 unspecified atom stereocenters. The van der Waals surface area contributed by atoms with Gasteiger partial charge in [0.25, 0.3) is 0 Å². The first-order chi connectivity index (χ1) is 9.60. The number of hydrogen-bond acceptors (Lipinski definition) is 5. The van der Waals surface area contributed by atoms with Gasteiger partial charge in [0.15, 0.2) is 0 Å². The zero-order chi connectivity index (χ0) is 14.5. The lowest BCUT2D eigenvalue weighted by molar-refractivity contribution is 0.0594. The summed E-state index contributed by atoms with van der Waals surface area (Å²) >= 11 is 0. The number of nitrogens with two attached hydrogens (primary N) is 1. The Kier molecular flexibility index (Phi) is 4.20. The summed E-state index contributed by atoms with van der Waals surface area (Å²) in [6, 6.07) is 11.3. The molecule has 104 valence electrons. The highest BCUT2D eigenvalue weighted by atomic mass is 16.5. The van der Waals surface area contributed by atoms with Crippen molar-refractivity contribution in [3.8, 4) is 0 Å². The molecule has 0 aliphatic rings. The van der Waals surface area contributed by atoms with Crippen molar-refractivity contribution in [1.82, 2.24) is 4.98 Å². The van der Waals surface area contributed by atoms with Crippen LogP contribution in [0.5, 0.6) is 0 Å². The molecule has 0 bridgehead atoms. The third kappa shape index (κ3) is 3.26. The van der Waals surface area contributed by atoms with Crippen molar-refractivity contribution in [3.63, 3.8) is 0 Å². The van der Waals surface area contributed by atoms with Crippen LogP contribution in [0.3, 0.4) is 0 Å². The number of anilines is 2. The molecule has 1 aromatic heterocycles.